The monoisotopic (exact) mass is 236 g/mol. The molecule has 0 aliphatic heterocycles. The second-order valence-electron chi connectivity index (χ2n) is 3.79. The van der Waals surface area contributed by atoms with Crippen LogP contribution in [0.5, 0.6) is 0 Å². The van der Waals surface area contributed by atoms with E-state index >= 15 is 0 Å². The van der Waals surface area contributed by atoms with Crippen molar-refractivity contribution < 1.29 is 14.7 Å². The van der Waals surface area contributed by atoms with E-state index in [1.807, 2.05) is 13.8 Å². The Morgan fingerprint density at radius 3 is 2.71 bits per heavy atom. The lowest BCUT2D eigenvalue weighted by atomic mass is 10.2. The molecule has 0 aliphatic rings. The minimum Gasteiger partial charge on any atom is -0.478 e. The number of hydrogen-bond donors (Lipinski definition) is 3. The first-order valence-corrected chi connectivity index (χ1v) is 5.43. The largest absolute Gasteiger partial charge is 0.478 e. The highest BCUT2D eigenvalue weighted by atomic mass is 16.4. The third-order valence-electron chi connectivity index (χ3n) is 2.36. The molecule has 0 fully saturated rings. The molecule has 1 rings (SSSR count). The van der Waals surface area contributed by atoms with Crippen LogP contribution in [0.4, 0.5) is 10.5 Å². The first-order chi connectivity index (χ1) is 8.02. The smallest absolute Gasteiger partial charge is 0.335 e. The molecular formula is C12H16N2O3. The highest BCUT2D eigenvalue weighted by Crippen LogP contribution is 2.10. The maximum atomic E-state index is 11.5. The molecule has 2 amide bonds. The molecule has 0 saturated carbocycles. The summed E-state index contributed by atoms with van der Waals surface area (Å²) in [7, 11) is 0. The van der Waals surface area contributed by atoms with Crippen LogP contribution in [0.1, 0.15) is 30.6 Å². The van der Waals surface area contributed by atoms with E-state index in [0.717, 1.165) is 6.42 Å². The molecule has 1 aromatic carbocycles. The molecule has 0 radical (unpaired) electrons. The van der Waals surface area contributed by atoms with Crippen molar-refractivity contribution in [2.75, 3.05) is 5.32 Å². The number of carboxylic acids is 1. The highest BCUT2D eigenvalue weighted by molar-refractivity contribution is 5.93. The molecule has 1 atom stereocenters. The molecule has 0 bridgehead atoms. The molecule has 0 aromatic heterocycles. The summed E-state index contributed by atoms with van der Waals surface area (Å²) in [5.41, 5.74) is 0.608. The van der Waals surface area contributed by atoms with Gasteiger partial charge in [-0.1, -0.05) is 13.0 Å². The van der Waals surface area contributed by atoms with Crippen LogP contribution in [-0.4, -0.2) is 23.1 Å². The third-order valence-corrected chi connectivity index (χ3v) is 2.36. The van der Waals surface area contributed by atoms with Crippen LogP contribution in [0.15, 0.2) is 24.3 Å². The molecule has 0 heterocycles. The Labute approximate surface area is 99.8 Å². The Bertz CT molecular complexity index is 418. The number of anilines is 1. The number of carboxylic acid groups (broad SMARTS) is 1. The second kappa shape index (κ2) is 5.89. The van der Waals surface area contributed by atoms with E-state index in [1.165, 1.54) is 12.1 Å². The van der Waals surface area contributed by atoms with E-state index < -0.39 is 5.97 Å². The molecular weight excluding hydrogens is 220 g/mol. The van der Waals surface area contributed by atoms with Gasteiger partial charge in [-0.15, -0.1) is 0 Å². The van der Waals surface area contributed by atoms with Gasteiger partial charge in [-0.25, -0.2) is 9.59 Å². The average molecular weight is 236 g/mol. The zero-order chi connectivity index (χ0) is 12.8. The van der Waals surface area contributed by atoms with E-state index in [9.17, 15) is 9.59 Å². The fraction of sp³-hybridized carbons (Fsp3) is 0.333. The molecule has 1 aromatic rings. The van der Waals surface area contributed by atoms with Gasteiger partial charge in [0.1, 0.15) is 0 Å². The zero-order valence-corrected chi connectivity index (χ0v) is 9.86. The normalized spacial score (nSPS) is 11.6. The van der Waals surface area contributed by atoms with Gasteiger partial charge in [-0.3, -0.25) is 0 Å². The fourth-order valence-electron chi connectivity index (χ4n) is 1.22. The van der Waals surface area contributed by atoms with Crippen LogP contribution in [0, 0.1) is 0 Å². The summed E-state index contributed by atoms with van der Waals surface area (Å²) in [6.45, 7) is 3.86. The lowest BCUT2D eigenvalue weighted by molar-refractivity contribution is 0.0697. The maximum absolute atomic E-state index is 11.5. The summed E-state index contributed by atoms with van der Waals surface area (Å²) >= 11 is 0. The molecule has 5 nitrogen and oxygen atoms in total. The lowest BCUT2D eigenvalue weighted by Gasteiger charge is -2.12. The van der Waals surface area contributed by atoms with Gasteiger partial charge >= 0.3 is 12.0 Å². The highest BCUT2D eigenvalue weighted by Gasteiger charge is 2.07. The minimum atomic E-state index is -1.02. The van der Waals surface area contributed by atoms with Crippen LogP contribution < -0.4 is 10.6 Å². The van der Waals surface area contributed by atoms with Gasteiger partial charge in [-0.2, -0.15) is 0 Å². The van der Waals surface area contributed by atoms with Gasteiger partial charge < -0.3 is 15.7 Å². The number of rotatable bonds is 4. The van der Waals surface area contributed by atoms with Crippen molar-refractivity contribution in [1.82, 2.24) is 5.32 Å². The van der Waals surface area contributed by atoms with E-state index in [4.69, 9.17) is 5.11 Å². The zero-order valence-electron chi connectivity index (χ0n) is 9.86. The van der Waals surface area contributed by atoms with E-state index in [0.29, 0.717) is 5.69 Å². The lowest BCUT2D eigenvalue weighted by Crippen LogP contribution is -2.35. The Morgan fingerprint density at radius 1 is 1.41 bits per heavy atom. The predicted molar refractivity (Wildman–Crippen MR) is 65.3 cm³/mol. The van der Waals surface area contributed by atoms with Crippen molar-refractivity contribution in [2.24, 2.45) is 0 Å². The topological polar surface area (TPSA) is 78.4 Å². The summed E-state index contributed by atoms with van der Waals surface area (Å²) in [4.78, 5) is 22.2. The second-order valence-corrected chi connectivity index (χ2v) is 3.79. The summed E-state index contributed by atoms with van der Waals surface area (Å²) in [6, 6.07) is 5.86. The molecule has 0 unspecified atom stereocenters. The first-order valence-electron chi connectivity index (χ1n) is 5.43. The average Bonchev–Trinajstić information content (AvgIpc) is 2.28. The van der Waals surface area contributed by atoms with Crippen molar-refractivity contribution in [2.45, 2.75) is 26.3 Å². The molecule has 3 N–H and O–H groups in total. The number of nitrogens with one attached hydrogen (secondary N) is 2. The molecule has 0 saturated heterocycles. The summed E-state index contributed by atoms with van der Waals surface area (Å²) in [5.74, 6) is -1.02. The van der Waals surface area contributed by atoms with E-state index in [-0.39, 0.29) is 17.6 Å². The first kappa shape index (κ1) is 13.0. The number of carbonyl (C=O) groups excluding carboxylic acids is 1. The standard InChI is InChI=1S/C12H16N2O3/c1-3-8(2)13-12(17)14-10-6-4-5-9(7-10)11(15)16/h4-8H,3H2,1-2H3,(H,15,16)(H2,13,14,17)/t8-/m0/s1. The van der Waals surface area contributed by atoms with Crippen LogP contribution in [0.3, 0.4) is 0 Å². The summed E-state index contributed by atoms with van der Waals surface area (Å²) in [6.07, 6.45) is 0.836. The summed E-state index contributed by atoms with van der Waals surface area (Å²) < 4.78 is 0. The minimum absolute atomic E-state index is 0.0812. The van der Waals surface area contributed by atoms with Crippen molar-refractivity contribution in [1.29, 1.82) is 0 Å². The van der Waals surface area contributed by atoms with Crippen molar-refractivity contribution in [3.8, 4) is 0 Å². The van der Waals surface area contributed by atoms with E-state index in [2.05, 4.69) is 10.6 Å². The van der Waals surface area contributed by atoms with Crippen LogP contribution in [0.25, 0.3) is 0 Å². The summed E-state index contributed by atoms with van der Waals surface area (Å²) in [5, 5.41) is 14.1. The van der Waals surface area contributed by atoms with E-state index in [1.54, 1.807) is 12.1 Å². The van der Waals surface area contributed by atoms with Gasteiger partial charge in [0.05, 0.1) is 5.56 Å². The number of carbonyl (C=O) groups is 2. The third kappa shape index (κ3) is 4.14. The Morgan fingerprint density at radius 2 is 2.12 bits per heavy atom. The Balaban J connectivity index is 2.65. The van der Waals surface area contributed by atoms with Gasteiger partial charge in [-0.05, 0) is 31.5 Å². The molecule has 92 valence electrons. The Hall–Kier alpha value is -2.04. The van der Waals surface area contributed by atoms with Crippen molar-refractivity contribution >= 4 is 17.7 Å². The van der Waals surface area contributed by atoms with Gasteiger partial charge in [0, 0.05) is 11.7 Å². The number of urea groups is 1. The van der Waals surface area contributed by atoms with Gasteiger partial charge in [0.25, 0.3) is 0 Å². The van der Waals surface area contributed by atoms with Gasteiger partial charge in [0.2, 0.25) is 0 Å². The van der Waals surface area contributed by atoms with Crippen LogP contribution >= 0.6 is 0 Å². The fourth-order valence-corrected chi connectivity index (χ4v) is 1.22. The molecule has 5 heteroatoms. The number of aromatic carboxylic acids is 1. The number of benzene rings is 1. The predicted octanol–water partition coefficient (Wildman–Crippen LogP) is 2.30. The number of hydrogen-bond acceptors (Lipinski definition) is 2. The van der Waals surface area contributed by atoms with Crippen molar-refractivity contribution in [3.05, 3.63) is 29.8 Å². The maximum Gasteiger partial charge on any atom is 0.335 e. The van der Waals surface area contributed by atoms with Crippen LogP contribution in [-0.2, 0) is 0 Å². The molecule has 17 heavy (non-hydrogen) atoms. The molecule has 0 spiro atoms. The molecule has 0 aliphatic carbocycles. The van der Waals surface area contributed by atoms with Crippen molar-refractivity contribution in [3.63, 3.8) is 0 Å². The number of amides is 2. The van der Waals surface area contributed by atoms with Gasteiger partial charge in [0.15, 0.2) is 0 Å². The SMILES string of the molecule is CC[C@H](C)NC(=O)Nc1cccc(C(=O)O)c1. The quantitative estimate of drug-likeness (QED) is 0.750. The Kier molecular flexibility index (Phi) is 4.51. The van der Waals surface area contributed by atoms with Crippen LogP contribution in [0.2, 0.25) is 0 Å².